The molecule has 3 aromatic rings. The SMILES string of the molecule is Cc1onc(-c2ccc(-c3ccc(C4(C(=O)O)CC4)cc3)cc2)c1NC(=O)OC(C)(C)C. The fraction of sp³-hybridized carbons (Fsp3) is 0.320. The topological polar surface area (TPSA) is 102 Å². The van der Waals surface area contributed by atoms with Crippen LogP contribution in [0.2, 0.25) is 0 Å². The Hall–Kier alpha value is -3.61. The van der Waals surface area contributed by atoms with E-state index >= 15 is 0 Å². The van der Waals surface area contributed by atoms with Crippen LogP contribution in [-0.2, 0) is 14.9 Å². The molecule has 4 rings (SSSR count). The van der Waals surface area contributed by atoms with Gasteiger partial charge in [-0.2, -0.15) is 0 Å². The number of carbonyl (C=O) groups is 2. The van der Waals surface area contributed by atoms with Gasteiger partial charge in [-0.1, -0.05) is 53.7 Å². The molecule has 1 heterocycles. The molecule has 1 aromatic heterocycles. The zero-order chi connectivity index (χ0) is 23.1. The van der Waals surface area contributed by atoms with Crippen LogP contribution in [0.15, 0.2) is 53.1 Å². The molecule has 2 aromatic carbocycles. The third-order valence-electron chi connectivity index (χ3n) is 5.58. The second kappa shape index (κ2) is 7.82. The van der Waals surface area contributed by atoms with E-state index in [1.165, 1.54) is 0 Å². The van der Waals surface area contributed by atoms with E-state index in [1.807, 2.05) is 48.5 Å². The Morgan fingerprint density at radius 3 is 2.03 bits per heavy atom. The van der Waals surface area contributed by atoms with Crippen LogP contribution < -0.4 is 5.32 Å². The lowest BCUT2D eigenvalue weighted by Gasteiger charge is -2.19. The molecule has 1 aliphatic rings. The van der Waals surface area contributed by atoms with Crippen molar-refractivity contribution in [3.63, 3.8) is 0 Å². The van der Waals surface area contributed by atoms with Crippen LogP contribution in [-0.4, -0.2) is 27.9 Å². The molecule has 1 amide bonds. The molecule has 0 spiro atoms. The van der Waals surface area contributed by atoms with Gasteiger partial charge in [-0.15, -0.1) is 0 Å². The van der Waals surface area contributed by atoms with Crippen molar-refractivity contribution in [3.8, 4) is 22.4 Å². The summed E-state index contributed by atoms with van der Waals surface area (Å²) < 4.78 is 10.6. The number of nitrogens with one attached hydrogen (secondary N) is 1. The number of nitrogens with zero attached hydrogens (tertiary/aromatic N) is 1. The molecule has 0 aliphatic heterocycles. The Morgan fingerprint density at radius 2 is 1.53 bits per heavy atom. The normalized spacial score (nSPS) is 14.6. The molecule has 1 aliphatic carbocycles. The average Bonchev–Trinajstić information content (AvgIpc) is 3.47. The lowest BCUT2D eigenvalue weighted by Crippen LogP contribution is -2.27. The highest BCUT2D eigenvalue weighted by Gasteiger charge is 2.51. The minimum absolute atomic E-state index is 0.472. The first-order valence-electron chi connectivity index (χ1n) is 10.5. The molecule has 0 radical (unpaired) electrons. The first kappa shape index (κ1) is 21.6. The lowest BCUT2D eigenvalue weighted by molar-refractivity contribution is -0.140. The molecule has 166 valence electrons. The maximum Gasteiger partial charge on any atom is 0.412 e. The lowest BCUT2D eigenvalue weighted by atomic mass is 9.93. The van der Waals surface area contributed by atoms with E-state index < -0.39 is 23.1 Å². The molecule has 1 saturated carbocycles. The summed E-state index contributed by atoms with van der Waals surface area (Å²) in [7, 11) is 0. The fourth-order valence-corrected chi connectivity index (χ4v) is 3.68. The number of amides is 1. The highest BCUT2D eigenvalue weighted by molar-refractivity contribution is 5.91. The van der Waals surface area contributed by atoms with Gasteiger partial charge in [0.2, 0.25) is 0 Å². The quantitative estimate of drug-likeness (QED) is 0.528. The molecule has 32 heavy (non-hydrogen) atoms. The zero-order valence-corrected chi connectivity index (χ0v) is 18.6. The number of rotatable bonds is 5. The Bertz CT molecular complexity index is 1150. The number of aryl methyl sites for hydroxylation is 1. The minimum atomic E-state index is -0.756. The number of aliphatic carboxylic acids is 1. The summed E-state index contributed by atoms with van der Waals surface area (Å²) in [5.41, 5.74) is 3.29. The van der Waals surface area contributed by atoms with Gasteiger partial charge in [-0.05, 0) is 57.2 Å². The first-order chi connectivity index (χ1) is 15.1. The highest BCUT2D eigenvalue weighted by Crippen LogP contribution is 2.48. The number of anilines is 1. The molecular formula is C25H26N2O5. The molecule has 2 N–H and O–H groups in total. The first-order valence-corrected chi connectivity index (χ1v) is 10.5. The summed E-state index contributed by atoms with van der Waals surface area (Å²) >= 11 is 0. The van der Waals surface area contributed by atoms with Gasteiger partial charge in [-0.3, -0.25) is 10.1 Å². The number of carboxylic acids is 1. The predicted octanol–water partition coefficient (Wildman–Crippen LogP) is 5.78. The third-order valence-corrected chi connectivity index (χ3v) is 5.58. The van der Waals surface area contributed by atoms with E-state index in [0.29, 0.717) is 30.0 Å². The van der Waals surface area contributed by atoms with Crippen LogP contribution in [0.1, 0.15) is 44.9 Å². The molecule has 7 nitrogen and oxygen atoms in total. The Morgan fingerprint density at radius 1 is 1.00 bits per heavy atom. The van der Waals surface area contributed by atoms with Crippen molar-refractivity contribution in [2.24, 2.45) is 0 Å². The number of hydrogen-bond donors (Lipinski definition) is 2. The second-order valence-corrected chi connectivity index (χ2v) is 9.13. The van der Waals surface area contributed by atoms with Crippen molar-refractivity contribution >= 4 is 17.7 Å². The summed E-state index contributed by atoms with van der Waals surface area (Å²) in [5, 5.41) is 16.3. The maximum atomic E-state index is 12.2. The van der Waals surface area contributed by atoms with Gasteiger partial charge in [0.1, 0.15) is 17.0 Å². The zero-order valence-electron chi connectivity index (χ0n) is 18.6. The molecular weight excluding hydrogens is 408 g/mol. The van der Waals surface area contributed by atoms with Crippen molar-refractivity contribution in [2.75, 3.05) is 5.32 Å². The largest absolute Gasteiger partial charge is 0.481 e. The van der Waals surface area contributed by atoms with E-state index in [-0.39, 0.29) is 0 Å². The average molecular weight is 434 g/mol. The molecule has 0 unspecified atom stereocenters. The molecule has 1 fully saturated rings. The van der Waals surface area contributed by atoms with Gasteiger partial charge in [0.25, 0.3) is 0 Å². The third kappa shape index (κ3) is 4.23. The number of aromatic nitrogens is 1. The summed E-state index contributed by atoms with van der Waals surface area (Å²) in [6.07, 6.45) is 0.803. The Kier molecular flexibility index (Phi) is 5.28. The Balaban J connectivity index is 1.54. The molecule has 0 bridgehead atoms. The summed E-state index contributed by atoms with van der Waals surface area (Å²) in [6, 6.07) is 15.4. The number of benzene rings is 2. The van der Waals surface area contributed by atoms with Crippen LogP contribution in [0.25, 0.3) is 22.4 Å². The van der Waals surface area contributed by atoms with Crippen molar-refractivity contribution in [1.29, 1.82) is 0 Å². The van der Waals surface area contributed by atoms with Crippen molar-refractivity contribution in [3.05, 3.63) is 59.9 Å². The van der Waals surface area contributed by atoms with Crippen molar-refractivity contribution in [1.82, 2.24) is 5.16 Å². The van der Waals surface area contributed by atoms with E-state index in [9.17, 15) is 14.7 Å². The van der Waals surface area contributed by atoms with E-state index in [1.54, 1.807) is 27.7 Å². The summed E-state index contributed by atoms with van der Waals surface area (Å²) in [6.45, 7) is 7.12. The van der Waals surface area contributed by atoms with E-state index in [2.05, 4.69) is 10.5 Å². The van der Waals surface area contributed by atoms with Crippen LogP contribution in [0.4, 0.5) is 10.5 Å². The van der Waals surface area contributed by atoms with Gasteiger partial charge in [0.05, 0.1) is 5.41 Å². The predicted molar refractivity (Wildman–Crippen MR) is 121 cm³/mol. The number of carbonyl (C=O) groups excluding carboxylic acids is 1. The standard InChI is InChI=1S/C25H26N2O5/c1-15-20(26-23(30)31-24(2,3)4)21(27-32-15)18-7-5-16(6-8-18)17-9-11-19(12-10-17)25(13-14-25)22(28)29/h5-12H,13-14H2,1-4H3,(H,26,30)(H,28,29). The maximum absolute atomic E-state index is 12.2. The minimum Gasteiger partial charge on any atom is -0.481 e. The van der Waals surface area contributed by atoms with E-state index in [0.717, 1.165) is 22.3 Å². The number of ether oxygens (including phenoxy) is 1. The second-order valence-electron chi connectivity index (χ2n) is 9.13. The van der Waals surface area contributed by atoms with Gasteiger partial charge in [0, 0.05) is 5.56 Å². The Labute approximate surface area is 186 Å². The van der Waals surface area contributed by atoms with Gasteiger partial charge in [-0.25, -0.2) is 4.79 Å². The fourth-order valence-electron chi connectivity index (χ4n) is 3.68. The van der Waals surface area contributed by atoms with Crippen molar-refractivity contribution in [2.45, 2.75) is 51.6 Å². The van der Waals surface area contributed by atoms with Crippen LogP contribution in [0.5, 0.6) is 0 Å². The van der Waals surface area contributed by atoms with E-state index in [4.69, 9.17) is 9.26 Å². The molecule has 7 heteroatoms. The van der Waals surface area contributed by atoms with Crippen LogP contribution in [0.3, 0.4) is 0 Å². The van der Waals surface area contributed by atoms with Crippen LogP contribution >= 0.6 is 0 Å². The molecule has 0 atom stereocenters. The van der Waals surface area contributed by atoms with Crippen LogP contribution in [0, 0.1) is 6.92 Å². The summed E-state index contributed by atoms with van der Waals surface area (Å²) in [4.78, 5) is 23.7. The monoisotopic (exact) mass is 434 g/mol. The highest BCUT2D eigenvalue weighted by atomic mass is 16.6. The summed E-state index contributed by atoms with van der Waals surface area (Å²) in [5.74, 6) is -0.272. The number of hydrogen-bond acceptors (Lipinski definition) is 5. The van der Waals surface area contributed by atoms with Crippen molar-refractivity contribution < 1.29 is 24.0 Å². The number of carboxylic acid groups (broad SMARTS) is 1. The smallest absolute Gasteiger partial charge is 0.412 e. The van der Waals surface area contributed by atoms with Gasteiger partial charge >= 0.3 is 12.1 Å². The molecule has 0 saturated heterocycles. The van der Waals surface area contributed by atoms with Gasteiger partial charge in [0.15, 0.2) is 5.76 Å². The van der Waals surface area contributed by atoms with Gasteiger partial charge < -0.3 is 14.4 Å².